The Bertz CT molecular complexity index is 734. The molecule has 0 fully saturated rings. The molecule has 110 valence electrons. The highest BCUT2D eigenvalue weighted by molar-refractivity contribution is 6.31. The number of halogens is 2. The van der Waals surface area contributed by atoms with E-state index in [1.807, 2.05) is 30.3 Å². The number of furan rings is 1. The summed E-state index contributed by atoms with van der Waals surface area (Å²) in [6.07, 6.45) is 3.54. The number of rotatable bonds is 5. The first kappa shape index (κ1) is 14.5. The SMILES string of the molecule is CC(CCc1ccco1)n1c(CCl)nc2ccc(Cl)cc21. The lowest BCUT2D eigenvalue weighted by molar-refractivity contribution is 0.452. The Hall–Kier alpha value is -1.45. The second-order valence-electron chi connectivity index (χ2n) is 5.13. The van der Waals surface area contributed by atoms with Crippen molar-refractivity contribution < 1.29 is 4.42 Å². The second-order valence-corrected chi connectivity index (χ2v) is 5.84. The second kappa shape index (κ2) is 6.12. The molecule has 3 rings (SSSR count). The number of aryl methyl sites for hydroxylation is 1. The summed E-state index contributed by atoms with van der Waals surface area (Å²) in [5, 5.41) is 0.711. The number of aromatic nitrogens is 2. The molecule has 21 heavy (non-hydrogen) atoms. The monoisotopic (exact) mass is 322 g/mol. The van der Waals surface area contributed by atoms with E-state index in [9.17, 15) is 0 Å². The zero-order valence-electron chi connectivity index (χ0n) is 11.7. The van der Waals surface area contributed by atoms with E-state index in [2.05, 4.69) is 16.5 Å². The minimum atomic E-state index is 0.271. The van der Waals surface area contributed by atoms with Crippen LogP contribution in [-0.2, 0) is 12.3 Å². The fourth-order valence-corrected chi connectivity index (χ4v) is 2.99. The number of nitrogens with zero attached hydrogens (tertiary/aromatic N) is 2. The third kappa shape index (κ3) is 2.94. The van der Waals surface area contributed by atoms with Crippen LogP contribution in [0.1, 0.15) is 31.0 Å². The average molecular weight is 323 g/mol. The van der Waals surface area contributed by atoms with Crippen LogP contribution in [0.5, 0.6) is 0 Å². The Morgan fingerprint density at radius 1 is 1.33 bits per heavy atom. The van der Waals surface area contributed by atoms with E-state index >= 15 is 0 Å². The minimum absolute atomic E-state index is 0.271. The van der Waals surface area contributed by atoms with E-state index in [1.165, 1.54) is 0 Å². The van der Waals surface area contributed by atoms with Crippen LogP contribution in [0.3, 0.4) is 0 Å². The molecule has 0 radical (unpaired) electrons. The summed E-state index contributed by atoms with van der Waals surface area (Å²) in [5.41, 5.74) is 1.96. The topological polar surface area (TPSA) is 31.0 Å². The summed E-state index contributed by atoms with van der Waals surface area (Å²) in [6, 6.07) is 9.92. The molecule has 1 atom stereocenters. The molecule has 0 aliphatic heterocycles. The van der Waals surface area contributed by atoms with Gasteiger partial charge in [-0.05, 0) is 43.7 Å². The standard InChI is InChI=1S/C16H16Cl2N2O/c1-11(4-6-13-3-2-8-21-13)20-15-9-12(18)5-7-14(15)19-16(20)10-17/h2-3,5,7-9,11H,4,6,10H2,1H3. The number of hydrogen-bond donors (Lipinski definition) is 0. The van der Waals surface area contributed by atoms with Gasteiger partial charge in [0, 0.05) is 17.5 Å². The average Bonchev–Trinajstić information content (AvgIpc) is 3.11. The molecular formula is C16H16Cl2N2O. The van der Waals surface area contributed by atoms with Gasteiger partial charge in [0.2, 0.25) is 0 Å². The molecule has 0 spiro atoms. The van der Waals surface area contributed by atoms with Gasteiger partial charge in [0.15, 0.2) is 0 Å². The van der Waals surface area contributed by atoms with Gasteiger partial charge >= 0.3 is 0 Å². The summed E-state index contributed by atoms with van der Waals surface area (Å²) < 4.78 is 7.57. The van der Waals surface area contributed by atoms with Crippen molar-refractivity contribution in [2.24, 2.45) is 0 Å². The number of hydrogen-bond acceptors (Lipinski definition) is 2. The summed E-state index contributed by atoms with van der Waals surface area (Å²) >= 11 is 12.2. The van der Waals surface area contributed by atoms with Crippen molar-refractivity contribution >= 4 is 34.2 Å². The molecule has 0 aliphatic carbocycles. The van der Waals surface area contributed by atoms with Gasteiger partial charge in [0.05, 0.1) is 23.2 Å². The molecule has 0 amide bonds. The van der Waals surface area contributed by atoms with Crippen molar-refractivity contribution in [1.82, 2.24) is 9.55 Å². The summed E-state index contributed by atoms with van der Waals surface area (Å²) in [5.74, 6) is 2.26. The minimum Gasteiger partial charge on any atom is -0.469 e. The molecule has 0 saturated heterocycles. The molecule has 2 heterocycles. The molecule has 1 aromatic carbocycles. The van der Waals surface area contributed by atoms with Crippen LogP contribution >= 0.6 is 23.2 Å². The van der Waals surface area contributed by atoms with Crippen LogP contribution in [0.15, 0.2) is 41.0 Å². The first-order valence-electron chi connectivity index (χ1n) is 6.93. The lowest BCUT2D eigenvalue weighted by atomic mass is 10.1. The molecule has 3 nitrogen and oxygen atoms in total. The number of fused-ring (bicyclic) bond motifs is 1. The fourth-order valence-electron chi connectivity index (χ4n) is 2.64. The van der Waals surface area contributed by atoms with E-state index in [0.717, 1.165) is 35.5 Å². The molecule has 0 saturated carbocycles. The van der Waals surface area contributed by atoms with Crippen LogP contribution in [-0.4, -0.2) is 9.55 Å². The maximum absolute atomic E-state index is 6.12. The zero-order chi connectivity index (χ0) is 14.8. The normalized spacial score (nSPS) is 12.9. The van der Waals surface area contributed by atoms with E-state index in [0.29, 0.717) is 10.9 Å². The van der Waals surface area contributed by atoms with Gasteiger partial charge in [-0.1, -0.05) is 11.6 Å². The molecule has 5 heteroatoms. The predicted molar refractivity (Wildman–Crippen MR) is 86.0 cm³/mol. The van der Waals surface area contributed by atoms with Gasteiger partial charge in [-0.2, -0.15) is 0 Å². The quantitative estimate of drug-likeness (QED) is 0.603. The van der Waals surface area contributed by atoms with Crippen LogP contribution in [0, 0.1) is 0 Å². The summed E-state index contributed by atoms with van der Waals surface area (Å²) in [6.45, 7) is 2.17. The van der Waals surface area contributed by atoms with Crippen molar-refractivity contribution in [2.75, 3.05) is 0 Å². The summed E-state index contributed by atoms with van der Waals surface area (Å²) in [7, 11) is 0. The fraction of sp³-hybridized carbons (Fsp3) is 0.312. The van der Waals surface area contributed by atoms with E-state index in [1.54, 1.807) is 6.26 Å². The van der Waals surface area contributed by atoms with Gasteiger partial charge in [0.1, 0.15) is 11.6 Å². The van der Waals surface area contributed by atoms with E-state index in [4.69, 9.17) is 27.6 Å². The molecule has 0 bridgehead atoms. The first-order chi connectivity index (χ1) is 10.2. The third-order valence-corrected chi connectivity index (χ3v) is 4.15. The highest BCUT2D eigenvalue weighted by Gasteiger charge is 2.16. The lowest BCUT2D eigenvalue weighted by Gasteiger charge is -2.16. The molecule has 3 aromatic rings. The maximum atomic E-state index is 6.12. The third-order valence-electron chi connectivity index (χ3n) is 3.67. The van der Waals surface area contributed by atoms with E-state index < -0.39 is 0 Å². The number of alkyl halides is 1. The highest BCUT2D eigenvalue weighted by Crippen LogP contribution is 2.27. The number of benzene rings is 1. The lowest BCUT2D eigenvalue weighted by Crippen LogP contribution is -2.09. The van der Waals surface area contributed by atoms with Gasteiger partial charge in [-0.25, -0.2) is 4.98 Å². The molecular weight excluding hydrogens is 307 g/mol. The van der Waals surface area contributed by atoms with Crippen molar-refractivity contribution in [1.29, 1.82) is 0 Å². The Morgan fingerprint density at radius 3 is 2.90 bits per heavy atom. The van der Waals surface area contributed by atoms with Gasteiger partial charge in [0.25, 0.3) is 0 Å². The smallest absolute Gasteiger partial charge is 0.125 e. The van der Waals surface area contributed by atoms with E-state index in [-0.39, 0.29) is 6.04 Å². The largest absolute Gasteiger partial charge is 0.469 e. The van der Waals surface area contributed by atoms with Crippen LogP contribution in [0.2, 0.25) is 5.02 Å². The predicted octanol–water partition coefficient (Wildman–Crippen LogP) is 5.22. The molecule has 2 aromatic heterocycles. The maximum Gasteiger partial charge on any atom is 0.125 e. The zero-order valence-corrected chi connectivity index (χ0v) is 13.2. The molecule has 0 N–H and O–H groups in total. The van der Waals surface area contributed by atoms with Crippen LogP contribution in [0.4, 0.5) is 0 Å². The Balaban J connectivity index is 1.91. The Kier molecular flexibility index (Phi) is 4.22. The van der Waals surface area contributed by atoms with Crippen molar-refractivity contribution in [3.63, 3.8) is 0 Å². The van der Waals surface area contributed by atoms with Gasteiger partial charge in [-0.15, -0.1) is 11.6 Å². The molecule has 1 unspecified atom stereocenters. The van der Waals surface area contributed by atoms with Crippen molar-refractivity contribution in [3.05, 3.63) is 53.2 Å². The molecule has 0 aliphatic rings. The highest BCUT2D eigenvalue weighted by atomic mass is 35.5. The summed E-state index contributed by atoms with van der Waals surface area (Å²) in [4.78, 5) is 4.59. The first-order valence-corrected chi connectivity index (χ1v) is 7.85. The Morgan fingerprint density at radius 2 is 2.19 bits per heavy atom. The van der Waals surface area contributed by atoms with Crippen molar-refractivity contribution in [3.8, 4) is 0 Å². The van der Waals surface area contributed by atoms with Crippen LogP contribution < -0.4 is 0 Å². The number of imidazole rings is 1. The van der Waals surface area contributed by atoms with Gasteiger partial charge in [-0.3, -0.25) is 0 Å². The van der Waals surface area contributed by atoms with Gasteiger partial charge < -0.3 is 8.98 Å². The van der Waals surface area contributed by atoms with Crippen LogP contribution in [0.25, 0.3) is 11.0 Å². The van der Waals surface area contributed by atoms with Crippen molar-refractivity contribution in [2.45, 2.75) is 31.7 Å². The Labute approximate surface area is 133 Å².